The van der Waals surface area contributed by atoms with Crippen molar-refractivity contribution >= 4 is 33.2 Å². The summed E-state index contributed by atoms with van der Waals surface area (Å²) in [7, 11) is -4.02. The van der Waals surface area contributed by atoms with Gasteiger partial charge in [0, 0.05) is 29.4 Å². The lowest BCUT2D eigenvalue weighted by Gasteiger charge is -2.11. The number of hydrogen-bond donors (Lipinski definition) is 3. The van der Waals surface area contributed by atoms with Crippen LogP contribution in [0.15, 0.2) is 71.6 Å². The molecule has 178 valence electrons. The number of carbonyl (C=O) groups is 2. The molecule has 0 saturated carbocycles. The largest absolute Gasteiger partial charge is 0.348 e. The van der Waals surface area contributed by atoms with Crippen LogP contribution in [-0.4, -0.2) is 20.2 Å². The van der Waals surface area contributed by atoms with Gasteiger partial charge in [-0.15, -0.1) is 0 Å². The number of amides is 2. The zero-order valence-corrected chi connectivity index (χ0v) is 19.9. The average molecular weight is 484 g/mol. The number of aryl methyl sites for hydroxylation is 1. The Bertz CT molecular complexity index is 1310. The maximum atomic E-state index is 13.8. The summed E-state index contributed by atoms with van der Waals surface area (Å²) < 4.78 is 41.3. The average Bonchev–Trinajstić information content (AvgIpc) is 2.80. The molecule has 3 aromatic carbocycles. The third-order valence-corrected chi connectivity index (χ3v) is 6.41. The van der Waals surface area contributed by atoms with Gasteiger partial charge < -0.3 is 10.6 Å². The van der Waals surface area contributed by atoms with Crippen molar-refractivity contribution in [2.24, 2.45) is 5.92 Å². The first kappa shape index (κ1) is 24.9. The van der Waals surface area contributed by atoms with E-state index in [0.717, 1.165) is 11.6 Å². The highest BCUT2D eigenvalue weighted by molar-refractivity contribution is 7.92. The smallest absolute Gasteiger partial charge is 0.261 e. The minimum atomic E-state index is -4.02. The van der Waals surface area contributed by atoms with Crippen LogP contribution in [0.25, 0.3) is 0 Å². The Morgan fingerprint density at radius 1 is 0.941 bits per heavy atom. The number of anilines is 2. The van der Waals surface area contributed by atoms with Crippen LogP contribution in [0, 0.1) is 18.7 Å². The second-order valence-electron chi connectivity index (χ2n) is 8.12. The zero-order chi connectivity index (χ0) is 24.9. The number of benzene rings is 3. The highest BCUT2D eigenvalue weighted by Crippen LogP contribution is 2.19. The molecule has 0 bridgehead atoms. The van der Waals surface area contributed by atoms with E-state index < -0.39 is 15.8 Å². The summed E-state index contributed by atoms with van der Waals surface area (Å²) in [5.41, 5.74) is 2.28. The fourth-order valence-corrected chi connectivity index (χ4v) is 4.02. The molecule has 3 rings (SSSR count). The Morgan fingerprint density at radius 2 is 1.65 bits per heavy atom. The Balaban J connectivity index is 1.63. The zero-order valence-electron chi connectivity index (χ0n) is 19.1. The van der Waals surface area contributed by atoms with Gasteiger partial charge in [-0.2, -0.15) is 0 Å². The van der Waals surface area contributed by atoms with Crippen molar-refractivity contribution in [1.29, 1.82) is 0 Å². The quantitative estimate of drug-likeness (QED) is 0.440. The Hall–Kier alpha value is -3.72. The molecule has 0 atom stereocenters. The summed E-state index contributed by atoms with van der Waals surface area (Å²) in [5, 5.41) is 5.57. The fourth-order valence-electron chi connectivity index (χ4n) is 2.96. The van der Waals surface area contributed by atoms with Crippen LogP contribution in [0.4, 0.5) is 15.8 Å². The van der Waals surface area contributed by atoms with E-state index in [2.05, 4.69) is 15.4 Å². The number of halogens is 1. The van der Waals surface area contributed by atoms with Gasteiger partial charge in [-0.05, 0) is 60.5 Å². The molecule has 0 aliphatic heterocycles. The van der Waals surface area contributed by atoms with Crippen LogP contribution in [-0.2, 0) is 21.4 Å². The van der Waals surface area contributed by atoms with Gasteiger partial charge in [-0.25, -0.2) is 12.8 Å². The van der Waals surface area contributed by atoms with E-state index >= 15 is 0 Å². The molecule has 0 fully saturated rings. The van der Waals surface area contributed by atoms with E-state index in [-0.39, 0.29) is 40.4 Å². The SMILES string of the molecule is Cc1ccc(S(=O)(=O)Nc2cccc(C(=O)NCc3ccc(NC(=O)C(C)C)cc3)c2)cc1F. The summed E-state index contributed by atoms with van der Waals surface area (Å²) in [6, 6.07) is 16.8. The molecule has 0 heterocycles. The molecule has 3 aromatic rings. The molecule has 0 saturated heterocycles. The van der Waals surface area contributed by atoms with Crippen LogP contribution in [0.1, 0.15) is 35.3 Å². The van der Waals surface area contributed by atoms with Gasteiger partial charge in [-0.1, -0.05) is 38.1 Å². The van der Waals surface area contributed by atoms with Crippen molar-refractivity contribution in [3.8, 4) is 0 Å². The van der Waals surface area contributed by atoms with Crippen molar-refractivity contribution < 1.29 is 22.4 Å². The topological polar surface area (TPSA) is 104 Å². The number of rotatable bonds is 8. The summed E-state index contributed by atoms with van der Waals surface area (Å²) in [4.78, 5) is 24.1. The summed E-state index contributed by atoms with van der Waals surface area (Å²) in [6.45, 7) is 5.40. The highest BCUT2D eigenvalue weighted by atomic mass is 32.2. The number of sulfonamides is 1. The van der Waals surface area contributed by atoms with E-state index in [1.807, 2.05) is 13.8 Å². The van der Waals surface area contributed by atoms with Gasteiger partial charge in [0.25, 0.3) is 15.9 Å². The molecule has 0 aliphatic carbocycles. The molecule has 34 heavy (non-hydrogen) atoms. The lowest BCUT2D eigenvalue weighted by Crippen LogP contribution is -2.23. The predicted octanol–water partition coefficient (Wildman–Crippen LogP) is 4.46. The molecular formula is C25H26FN3O4S. The third-order valence-electron chi connectivity index (χ3n) is 5.03. The Labute approximate surface area is 198 Å². The van der Waals surface area contributed by atoms with Crippen molar-refractivity contribution in [3.63, 3.8) is 0 Å². The molecule has 7 nitrogen and oxygen atoms in total. The first-order valence-corrected chi connectivity index (χ1v) is 12.1. The minimum absolute atomic E-state index is 0.0796. The third kappa shape index (κ3) is 6.41. The van der Waals surface area contributed by atoms with Crippen molar-refractivity contribution in [2.75, 3.05) is 10.0 Å². The molecule has 0 radical (unpaired) electrons. The van der Waals surface area contributed by atoms with E-state index in [1.54, 1.807) is 43.3 Å². The number of hydrogen-bond acceptors (Lipinski definition) is 4. The van der Waals surface area contributed by atoms with Crippen LogP contribution in [0.3, 0.4) is 0 Å². The summed E-state index contributed by atoms with van der Waals surface area (Å²) in [5.74, 6) is -1.22. The van der Waals surface area contributed by atoms with E-state index in [0.29, 0.717) is 11.3 Å². The normalized spacial score (nSPS) is 11.2. The predicted molar refractivity (Wildman–Crippen MR) is 129 cm³/mol. The first-order valence-electron chi connectivity index (χ1n) is 10.6. The Kier molecular flexibility index (Phi) is 7.68. The minimum Gasteiger partial charge on any atom is -0.348 e. The molecular weight excluding hydrogens is 457 g/mol. The van der Waals surface area contributed by atoms with Crippen molar-refractivity contribution in [1.82, 2.24) is 5.32 Å². The summed E-state index contributed by atoms with van der Waals surface area (Å²) in [6.07, 6.45) is 0. The lowest BCUT2D eigenvalue weighted by atomic mass is 10.1. The number of nitrogens with one attached hydrogen (secondary N) is 3. The van der Waals surface area contributed by atoms with Gasteiger partial charge in [0.2, 0.25) is 5.91 Å². The van der Waals surface area contributed by atoms with Crippen LogP contribution >= 0.6 is 0 Å². The molecule has 0 unspecified atom stereocenters. The van der Waals surface area contributed by atoms with Gasteiger partial charge in [0.15, 0.2) is 0 Å². The maximum absolute atomic E-state index is 13.8. The monoisotopic (exact) mass is 483 g/mol. The molecule has 0 aromatic heterocycles. The van der Waals surface area contributed by atoms with Gasteiger partial charge in [0.05, 0.1) is 4.90 Å². The lowest BCUT2D eigenvalue weighted by molar-refractivity contribution is -0.118. The van der Waals surface area contributed by atoms with Gasteiger partial charge in [0.1, 0.15) is 5.82 Å². The number of carbonyl (C=O) groups excluding carboxylic acids is 2. The van der Waals surface area contributed by atoms with Crippen molar-refractivity contribution in [2.45, 2.75) is 32.2 Å². The molecule has 3 N–H and O–H groups in total. The van der Waals surface area contributed by atoms with E-state index in [1.165, 1.54) is 24.3 Å². The highest BCUT2D eigenvalue weighted by Gasteiger charge is 2.17. The second kappa shape index (κ2) is 10.5. The maximum Gasteiger partial charge on any atom is 0.261 e. The van der Waals surface area contributed by atoms with E-state index in [4.69, 9.17) is 0 Å². The Morgan fingerprint density at radius 3 is 2.29 bits per heavy atom. The molecule has 2 amide bonds. The van der Waals surface area contributed by atoms with E-state index in [9.17, 15) is 22.4 Å². The van der Waals surface area contributed by atoms with Crippen LogP contribution in [0.5, 0.6) is 0 Å². The van der Waals surface area contributed by atoms with Crippen molar-refractivity contribution in [3.05, 3.63) is 89.2 Å². The summed E-state index contributed by atoms with van der Waals surface area (Å²) >= 11 is 0. The van der Waals surface area contributed by atoms with Gasteiger partial charge in [-0.3, -0.25) is 14.3 Å². The fraction of sp³-hybridized carbons (Fsp3) is 0.200. The molecule has 9 heteroatoms. The molecule has 0 spiro atoms. The van der Waals surface area contributed by atoms with Gasteiger partial charge >= 0.3 is 0 Å². The van der Waals surface area contributed by atoms with Crippen LogP contribution in [0.2, 0.25) is 0 Å². The van der Waals surface area contributed by atoms with Crippen LogP contribution < -0.4 is 15.4 Å². The molecule has 0 aliphatic rings. The second-order valence-corrected chi connectivity index (χ2v) is 9.80. The standard InChI is InChI=1S/C25H26FN3O4S/c1-16(2)24(30)28-20-10-8-18(9-11-20)15-27-25(31)19-5-4-6-21(13-19)29-34(32,33)22-12-7-17(3)23(26)14-22/h4-14,16,29H,15H2,1-3H3,(H,27,31)(H,28,30). The first-order chi connectivity index (χ1) is 16.0.